The van der Waals surface area contributed by atoms with E-state index in [0.29, 0.717) is 18.1 Å². The van der Waals surface area contributed by atoms with Crippen molar-refractivity contribution in [2.75, 3.05) is 0 Å². The molecule has 0 aromatic heterocycles. The van der Waals surface area contributed by atoms with Crippen LogP contribution in [-0.4, -0.2) is 17.0 Å². The van der Waals surface area contributed by atoms with Gasteiger partial charge in [0.25, 0.3) is 0 Å². The second-order valence-corrected chi connectivity index (χ2v) is 5.63. The average molecular weight is 224 g/mol. The van der Waals surface area contributed by atoms with Crippen LogP contribution in [-0.2, 0) is 4.79 Å². The summed E-state index contributed by atoms with van der Waals surface area (Å²) in [6.07, 6.45) is 9.05. The molecule has 0 heterocycles. The van der Waals surface area contributed by atoms with E-state index in [0.717, 1.165) is 32.1 Å². The van der Waals surface area contributed by atoms with Crippen molar-refractivity contribution < 1.29 is 9.90 Å². The topological polar surface area (TPSA) is 37.3 Å². The van der Waals surface area contributed by atoms with Crippen molar-refractivity contribution in [1.82, 2.24) is 0 Å². The maximum Gasteiger partial charge on any atom is 0.141 e. The van der Waals surface area contributed by atoms with Crippen LogP contribution in [0.2, 0.25) is 0 Å². The largest absolute Gasteiger partial charge is 0.392 e. The third kappa shape index (κ3) is 1.92. The van der Waals surface area contributed by atoms with Gasteiger partial charge in [-0.15, -0.1) is 0 Å². The summed E-state index contributed by atoms with van der Waals surface area (Å²) >= 11 is 0. The summed E-state index contributed by atoms with van der Waals surface area (Å²) in [6, 6.07) is 0. The second kappa shape index (κ2) is 4.87. The summed E-state index contributed by atoms with van der Waals surface area (Å²) in [5.41, 5.74) is -0.373. The third-order valence-electron chi connectivity index (χ3n) is 4.88. The highest BCUT2D eigenvalue weighted by atomic mass is 16.3. The number of aliphatic hydroxyl groups excluding tert-OH is 1. The predicted molar refractivity (Wildman–Crippen MR) is 64.2 cm³/mol. The number of ketones is 1. The standard InChI is InChI=1S/C14H24O2/c1-2-14(10-6-9-12(14)15)13(16)11-7-4-3-5-8-11/h11,13,16H,2-10H2,1H3/t13-,14-/m1/s1. The quantitative estimate of drug-likeness (QED) is 0.800. The van der Waals surface area contributed by atoms with Gasteiger partial charge in [0.1, 0.15) is 5.78 Å². The van der Waals surface area contributed by atoms with Crippen LogP contribution in [0.4, 0.5) is 0 Å². The van der Waals surface area contributed by atoms with Gasteiger partial charge in [0.2, 0.25) is 0 Å². The minimum atomic E-state index is -0.373. The van der Waals surface area contributed by atoms with Gasteiger partial charge in [-0.3, -0.25) is 4.79 Å². The van der Waals surface area contributed by atoms with Gasteiger partial charge in [0.15, 0.2) is 0 Å². The molecule has 0 unspecified atom stereocenters. The van der Waals surface area contributed by atoms with Gasteiger partial charge in [-0.05, 0) is 38.0 Å². The first kappa shape index (κ1) is 12.1. The molecule has 0 bridgehead atoms. The molecule has 2 rings (SSSR count). The van der Waals surface area contributed by atoms with Crippen molar-refractivity contribution in [3.63, 3.8) is 0 Å². The molecule has 2 atom stereocenters. The van der Waals surface area contributed by atoms with Crippen molar-refractivity contribution >= 4 is 5.78 Å². The van der Waals surface area contributed by atoms with Gasteiger partial charge < -0.3 is 5.11 Å². The van der Waals surface area contributed by atoms with Gasteiger partial charge in [-0.25, -0.2) is 0 Å². The van der Waals surface area contributed by atoms with Crippen LogP contribution >= 0.6 is 0 Å². The fraction of sp³-hybridized carbons (Fsp3) is 0.929. The van der Waals surface area contributed by atoms with Gasteiger partial charge in [-0.1, -0.05) is 26.2 Å². The Labute approximate surface area is 98.4 Å². The Hall–Kier alpha value is -0.370. The van der Waals surface area contributed by atoms with E-state index in [1.54, 1.807) is 0 Å². The first-order valence-corrected chi connectivity index (χ1v) is 6.92. The van der Waals surface area contributed by atoms with Gasteiger partial charge >= 0.3 is 0 Å². The maximum atomic E-state index is 12.1. The van der Waals surface area contributed by atoms with E-state index < -0.39 is 0 Å². The van der Waals surface area contributed by atoms with Crippen LogP contribution < -0.4 is 0 Å². The Kier molecular flexibility index (Phi) is 3.68. The Morgan fingerprint density at radius 3 is 2.50 bits per heavy atom. The third-order valence-corrected chi connectivity index (χ3v) is 4.88. The van der Waals surface area contributed by atoms with E-state index in [1.807, 2.05) is 0 Å². The number of Topliss-reactive ketones (excluding diaryl/α,β-unsaturated/α-hetero) is 1. The van der Waals surface area contributed by atoms with Gasteiger partial charge in [0, 0.05) is 6.42 Å². The van der Waals surface area contributed by atoms with Crippen molar-refractivity contribution in [2.45, 2.75) is 70.8 Å². The maximum absolute atomic E-state index is 12.1. The molecule has 2 fully saturated rings. The minimum absolute atomic E-state index is 0.327. The summed E-state index contributed by atoms with van der Waals surface area (Å²) in [7, 11) is 0. The first-order chi connectivity index (χ1) is 7.70. The van der Waals surface area contributed by atoms with Gasteiger partial charge in [0.05, 0.1) is 11.5 Å². The summed E-state index contributed by atoms with van der Waals surface area (Å²) in [5, 5.41) is 10.6. The molecule has 0 saturated heterocycles. The SMILES string of the molecule is CC[C@@]1([C@H](O)C2CCCCC2)CCCC1=O. The molecular weight excluding hydrogens is 200 g/mol. The van der Waals surface area contributed by atoms with E-state index in [4.69, 9.17) is 0 Å². The van der Waals surface area contributed by atoms with Crippen LogP contribution in [0.25, 0.3) is 0 Å². The van der Waals surface area contributed by atoms with E-state index in [2.05, 4.69) is 6.92 Å². The average Bonchev–Trinajstić information content (AvgIpc) is 2.72. The second-order valence-electron chi connectivity index (χ2n) is 5.63. The molecule has 0 amide bonds. The van der Waals surface area contributed by atoms with E-state index in [1.165, 1.54) is 19.3 Å². The highest BCUT2D eigenvalue weighted by Gasteiger charge is 2.48. The zero-order valence-corrected chi connectivity index (χ0v) is 10.4. The summed E-state index contributed by atoms with van der Waals surface area (Å²) < 4.78 is 0. The van der Waals surface area contributed by atoms with Crippen molar-refractivity contribution in [3.8, 4) is 0 Å². The molecule has 16 heavy (non-hydrogen) atoms. The smallest absolute Gasteiger partial charge is 0.141 e. The lowest BCUT2D eigenvalue weighted by atomic mass is 9.69. The Bertz CT molecular complexity index is 255. The Morgan fingerprint density at radius 1 is 1.31 bits per heavy atom. The summed E-state index contributed by atoms with van der Waals surface area (Å²) in [6.45, 7) is 2.06. The van der Waals surface area contributed by atoms with Crippen LogP contribution in [0.15, 0.2) is 0 Å². The first-order valence-electron chi connectivity index (χ1n) is 6.92. The van der Waals surface area contributed by atoms with Crippen molar-refractivity contribution in [1.29, 1.82) is 0 Å². The molecule has 2 saturated carbocycles. The molecular formula is C14H24O2. The number of carbonyl (C=O) groups is 1. The molecule has 0 aliphatic heterocycles. The molecule has 0 aromatic carbocycles. The lowest BCUT2D eigenvalue weighted by Crippen LogP contribution is -2.43. The van der Waals surface area contributed by atoms with Crippen LogP contribution in [0.3, 0.4) is 0 Å². The Balaban J connectivity index is 2.10. The van der Waals surface area contributed by atoms with E-state index in [9.17, 15) is 9.90 Å². The highest BCUT2D eigenvalue weighted by Crippen LogP contribution is 2.45. The lowest BCUT2D eigenvalue weighted by molar-refractivity contribution is -0.136. The molecule has 0 aromatic rings. The Morgan fingerprint density at radius 2 is 2.00 bits per heavy atom. The van der Waals surface area contributed by atoms with Gasteiger partial charge in [-0.2, -0.15) is 0 Å². The molecule has 0 radical (unpaired) electrons. The number of hydrogen-bond donors (Lipinski definition) is 1. The number of aliphatic hydroxyl groups is 1. The zero-order chi connectivity index (χ0) is 11.6. The van der Waals surface area contributed by atoms with Crippen molar-refractivity contribution in [2.24, 2.45) is 11.3 Å². The molecule has 2 aliphatic carbocycles. The molecule has 0 spiro atoms. The number of rotatable bonds is 3. The monoisotopic (exact) mass is 224 g/mol. The van der Waals surface area contributed by atoms with Crippen molar-refractivity contribution in [3.05, 3.63) is 0 Å². The highest BCUT2D eigenvalue weighted by molar-refractivity contribution is 5.87. The molecule has 1 N–H and O–H groups in total. The fourth-order valence-electron chi connectivity index (χ4n) is 3.75. The van der Waals surface area contributed by atoms with Crippen LogP contribution in [0.1, 0.15) is 64.7 Å². The molecule has 2 aliphatic rings. The summed E-state index contributed by atoms with van der Waals surface area (Å²) in [4.78, 5) is 12.1. The van der Waals surface area contributed by atoms with Crippen LogP contribution in [0, 0.1) is 11.3 Å². The lowest BCUT2D eigenvalue weighted by Gasteiger charge is -2.38. The van der Waals surface area contributed by atoms with E-state index in [-0.39, 0.29) is 11.5 Å². The molecule has 2 heteroatoms. The molecule has 92 valence electrons. The fourth-order valence-corrected chi connectivity index (χ4v) is 3.75. The zero-order valence-electron chi connectivity index (χ0n) is 10.4. The normalized spacial score (nSPS) is 34.2. The summed E-state index contributed by atoms with van der Waals surface area (Å²) in [5.74, 6) is 0.712. The van der Waals surface area contributed by atoms with Crippen LogP contribution in [0.5, 0.6) is 0 Å². The minimum Gasteiger partial charge on any atom is -0.392 e. The predicted octanol–water partition coefficient (Wildman–Crippen LogP) is 3.08. The number of carbonyl (C=O) groups excluding carboxylic acids is 1. The number of hydrogen-bond acceptors (Lipinski definition) is 2. The molecule has 2 nitrogen and oxygen atoms in total. The van der Waals surface area contributed by atoms with E-state index >= 15 is 0 Å².